The molecule has 3 amide bonds. The zero-order valence-corrected chi connectivity index (χ0v) is 20.8. The predicted molar refractivity (Wildman–Crippen MR) is 139 cm³/mol. The minimum absolute atomic E-state index is 0.256. The summed E-state index contributed by atoms with van der Waals surface area (Å²) in [5, 5.41) is 14.4. The third kappa shape index (κ3) is 6.74. The Labute approximate surface area is 217 Å². The molecule has 0 aliphatic rings. The van der Waals surface area contributed by atoms with Gasteiger partial charge in [-0.1, -0.05) is 30.5 Å². The number of carboxylic acids is 1. The molecule has 3 rings (SSSR count). The first-order chi connectivity index (χ1) is 17.2. The van der Waals surface area contributed by atoms with Crippen LogP contribution >= 0.6 is 24.4 Å². The van der Waals surface area contributed by atoms with E-state index in [1.165, 1.54) is 26.4 Å². The van der Waals surface area contributed by atoms with Gasteiger partial charge in [0.15, 0.2) is 6.61 Å². The second-order valence-electron chi connectivity index (χ2n) is 7.14. The molecule has 0 aliphatic heterocycles. The van der Waals surface area contributed by atoms with Gasteiger partial charge in [-0.05, 0) is 48.5 Å². The first kappa shape index (κ1) is 26.5. The Morgan fingerprint density at radius 3 is 2.31 bits per heavy atom. The minimum Gasteiger partial charge on any atom is -0.495 e. The number of amides is 3. The van der Waals surface area contributed by atoms with Crippen LogP contribution in [0.15, 0.2) is 60.7 Å². The number of thiol groups is 1. The SMILES string of the molecule is COc1cc(OC)c(NC(=O)N(S)c2ccc(NC(=O)c3cccc(OCC(=O)O)c3)cc2)cc1Cl. The number of urea groups is 1. The Hall–Kier alpha value is -4.09. The van der Waals surface area contributed by atoms with Crippen molar-refractivity contribution in [1.29, 1.82) is 0 Å². The van der Waals surface area contributed by atoms with Crippen molar-refractivity contribution >= 4 is 59.4 Å². The number of carbonyl (C=O) groups excluding carboxylic acids is 2. The van der Waals surface area contributed by atoms with Gasteiger partial charge >= 0.3 is 12.0 Å². The molecule has 0 heterocycles. The highest BCUT2D eigenvalue weighted by Gasteiger charge is 2.17. The number of methoxy groups -OCH3 is 2. The Kier molecular flexibility index (Phi) is 8.87. The quantitative estimate of drug-likeness (QED) is 0.287. The maximum Gasteiger partial charge on any atom is 0.341 e. The summed E-state index contributed by atoms with van der Waals surface area (Å²) >= 11 is 10.4. The average molecular weight is 532 g/mol. The number of aliphatic carboxylic acids is 1. The fourth-order valence-electron chi connectivity index (χ4n) is 3.00. The normalized spacial score (nSPS) is 10.2. The molecule has 0 aliphatic carbocycles. The Balaban J connectivity index is 1.65. The molecule has 0 spiro atoms. The Morgan fingerprint density at radius 2 is 1.67 bits per heavy atom. The number of nitrogens with zero attached hydrogens (tertiary/aromatic N) is 1. The number of carboxylic acid groups (broad SMARTS) is 1. The number of halogens is 1. The van der Waals surface area contributed by atoms with Crippen LogP contribution in [0.2, 0.25) is 5.02 Å². The zero-order valence-electron chi connectivity index (χ0n) is 19.1. The molecule has 0 saturated carbocycles. The highest BCUT2D eigenvalue weighted by Crippen LogP contribution is 2.36. The molecule has 3 aromatic carbocycles. The third-order valence-electron chi connectivity index (χ3n) is 4.74. The van der Waals surface area contributed by atoms with Gasteiger partial charge in [0.05, 0.1) is 30.6 Å². The summed E-state index contributed by atoms with van der Waals surface area (Å²) in [4.78, 5) is 35.9. The summed E-state index contributed by atoms with van der Waals surface area (Å²) in [5.41, 5.74) is 1.50. The maximum atomic E-state index is 12.7. The molecular weight excluding hydrogens is 510 g/mol. The van der Waals surface area contributed by atoms with Crippen LogP contribution in [0.3, 0.4) is 0 Å². The van der Waals surface area contributed by atoms with Crippen LogP contribution in [-0.4, -0.2) is 43.8 Å². The van der Waals surface area contributed by atoms with Crippen molar-refractivity contribution in [3.05, 3.63) is 71.2 Å². The number of nitrogens with one attached hydrogen (secondary N) is 2. The summed E-state index contributed by atoms with van der Waals surface area (Å²) in [7, 11) is 2.91. The van der Waals surface area contributed by atoms with Gasteiger partial charge in [0.25, 0.3) is 5.91 Å². The lowest BCUT2D eigenvalue weighted by Crippen LogP contribution is -2.27. The van der Waals surface area contributed by atoms with Crippen molar-refractivity contribution in [2.45, 2.75) is 0 Å². The lowest BCUT2D eigenvalue weighted by atomic mass is 10.2. The van der Waals surface area contributed by atoms with Gasteiger partial charge in [0, 0.05) is 17.3 Å². The van der Waals surface area contributed by atoms with Gasteiger partial charge in [-0.3, -0.25) is 4.79 Å². The number of hydrogen-bond donors (Lipinski definition) is 4. The lowest BCUT2D eigenvalue weighted by molar-refractivity contribution is -0.139. The lowest BCUT2D eigenvalue weighted by Gasteiger charge is -2.19. The van der Waals surface area contributed by atoms with Gasteiger partial charge in [0.1, 0.15) is 17.2 Å². The molecule has 0 aromatic heterocycles. The maximum absolute atomic E-state index is 12.7. The van der Waals surface area contributed by atoms with Gasteiger partial charge in [-0.2, -0.15) is 0 Å². The summed E-state index contributed by atoms with van der Waals surface area (Å²) in [5.74, 6) is -0.545. The number of anilines is 3. The molecule has 36 heavy (non-hydrogen) atoms. The Bertz CT molecular complexity index is 1270. The molecule has 0 atom stereocenters. The predicted octanol–water partition coefficient (Wildman–Crippen LogP) is 4.96. The minimum atomic E-state index is -1.12. The fraction of sp³-hybridized carbons (Fsp3) is 0.125. The van der Waals surface area contributed by atoms with Crippen LogP contribution in [0.25, 0.3) is 0 Å². The highest BCUT2D eigenvalue weighted by molar-refractivity contribution is 7.82. The van der Waals surface area contributed by atoms with Crippen LogP contribution in [-0.2, 0) is 4.79 Å². The van der Waals surface area contributed by atoms with Crippen LogP contribution in [0, 0.1) is 0 Å². The van der Waals surface area contributed by atoms with Crippen molar-refractivity contribution in [3.63, 3.8) is 0 Å². The molecule has 0 bridgehead atoms. The smallest absolute Gasteiger partial charge is 0.341 e. The Morgan fingerprint density at radius 1 is 0.972 bits per heavy atom. The van der Waals surface area contributed by atoms with E-state index in [-0.39, 0.29) is 11.3 Å². The molecule has 0 unspecified atom stereocenters. The molecule has 12 heteroatoms. The van der Waals surface area contributed by atoms with E-state index >= 15 is 0 Å². The molecule has 3 N–H and O–H groups in total. The average Bonchev–Trinajstić information content (AvgIpc) is 2.87. The van der Waals surface area contributed by atoms with E-state index in [0.29, 0.717) is 33.6 Å². The molecule has 10 nitrogen and oxygen atoms in total. The summed E-state index contributed by atoms with van der Waals surface area (Å²) < 4.78 is 16.6. The number of hydrogen-bond acceptors (Lipinski definition) is 7. The summed E-state index contributed by atoms with van der Waals surface area (Å²) in [6.07, 6.45) is 0. The zero-order chi connectivity index (χ0) is 26.2. The van der Waals surface area contributed by atoms with Crippen molar-refractivity contribution < 1.29 is 33.7 Å². The van der Waals surface area contributed by atoms with Crippen LogP contribution < -0.4 is 29.1 Å². The molecule has 0 fully saturated rings. The number of benzene rings is 3. The van der Waals surface area contributed by atoms with E-state index < -0.39 is 24.5 Å². The standard InChI is InChI=1S/C24H22ClN3O7S/c1-33-20-12-21(34-2)19(11-18(20)25)27-24(32)28(36)16-8-6-15(7-9-16)26-23(31)14-4-3-5-17(10-14)35-13-22(29)30/h3-12,36H,13H2,1-2H3,(H,26,31)(H,27,32)(H,29,30). The highest BCUT2D eigenvalue weighted by atomic mass is 35.5. The van der Waals surface area contributed by atoms with E-state index in [9.17, 15) is 14.4 Å². The van der Waals surface area contributed by atoms with E-state index in [4.69, 9.17) is 30.9 Å². The van der Waals surface area contributed by atoms with Crippen molar-refractivity contribution in [2.75, 3.05) is 35.8 Å². The van der Waals surface area contributed by atoms with Crippen molar-refractivity contribution in [1.82, 2.24) is 0 Å². The summed E-state index contributed by atoms with van der Waals surface area (Å²) in [6.45, 7) is -0.515. The van der Waals surface area contributed by atoms with Crippen molar-refractivity contribution in [2.24, 2.45) is 0 Å². The van der Waals surface area contributed by atoms with E-state index in [1.54, 1.807) is 48.5 Å². The fourth-order valence-corrected chi connectivity index (χ4v) is 3.43. The molecule has 3 aromatic rings. The number of rotatable bonds is 9. The summed E-state index contributed by atoms with van der Waals surface area (Å²) in [6, 6.07) is 15.0. The monoisotopic (exact) mass is 531 g/mol. The van der Waals surface area contributed by atoms with Crippen LogP contribution in [0.4, 0.5) is 21.9 Å². The van der Waals surface area contributed by atoms with E-state index in [1.807, 2.05) is 0 Å². The van der Waals surface area contributed by atoms with Crippen molar-refractivity contribution in [3.8, 4) is 17.2 Å². The first-order valence-corrected chi connectivity index (χ1v) is 11.1. The molecule has 188 valence electrons. The van der Waals surface area contributed by atoms with E-state index in [2.05, 4.69) is 23.4 Å². The second kappa shape index (κ2) is 12.0. The number of carbonyl (C=O) groups is 3. The van der Waals surface area contributed by atoms with Gasteiger partial charge in [0.2, 0.25) is 0 Å². The van der Waals surface area contributed by atoms with Crippen LogP contribution in [0.1, 0.15) is 10.4 Å². The largest absolute Gasteiger partial charge is 0.495 e. The molecular formula is C24H22ClN3O7S. The van der Waals surface area contributed by atoms with Gasteiger partial charge in [-0.25, -0.2) is 13.9 Å². The number of ether oxygens (including phenoxy) is 3. The third-order valence-corrected chi connectivity index (χ3v) is 5.44. The molecule has 0 radical (unpaired) electrons. The van der Waals surface area contributed by atoms with Gasteiger partial charge in [-0.15, -0.1) is 0 Å². The van der Waals surface area contributed by atoms with Gasteiger partial charge < -0.3 is 30.0 Å². The van der Waals surface area contributed by atoms with Crippen LogP contribution in [0.5, 0.6) is 17.2 Å². The first-order valence-electron chi connectivity index (χ1n) is 10.3. The topological polar surface area (TPSA) is 126 Å². The second-order valence-corrected chi connectivity index (χ2v) is 7.95. The van der Waals surface area contributed by atoms with E-state index in [0.717, 1.165) is 4.31 Å². The molecule has 0 saturated heterocycles.